The Morgan fingerprint density at radius 1 is 1.10 bits per heavy atom. The highest BCUT2D eigenvalue weighted by molar-refractivity contribution is 7.08. The first kappa shape index (κ1) is 12.8. The number of carbonyl (C=O) groups excluding carboxylic acids is 2. The molecule has 2 aromatic rings. The van der Waals surface area contributed by atoms with Crippen LogP contribution >= 0.6 is 11.3 Å². The molecule has 2 heterocycles. The van der Waals surface area contributed by atoms with Crippen molar-refractivity contribution in [1.29, 1.82) is 0 Å². The second-order valence-electron chi connectivity index (χ2n) is 4.19. The number of fused-ring (bicyclic) bond motifs is 1. The Hall–Kier alpha value is -2.18. The highest BCUT2D eigenvalue weighted by Crippen LogP contribution is 2.27. The van der Waals surface area contributed by atoms with Crippen LogP contribution in [-0.2, 0) is 11.4 Å². The Kier molecular flexibility index (Phi) is 3.25. The van der Waals surface area contributed by atoms with E-state index in [1.807, 2.05) is 10.8 Å². The molecule has 0 fully saturated rings. The largest absolute Gasteiger partial charge is 0.496 e. The lowest BCUT2D eigenvalue weighted by Crippen LogP contribution is -2.29. The van der Waals surface area contributed by atoms with Gasteiger partial charge in [-0.15, -0.1) is 16.4 Å². The summed E-state index contributed by atoms with van der Waals surface area (Å²) in [6.45, 7) is 0.109. The van der Waals surface area contributed by atoms with E-state index in [0.717, 1.165) is 10.6 Å². The van der Waals surface area contributed by atoms with Gasteiger partial charge in [0.1, 0.15) is 12.4 Å². The molecule has 5 nitrogen and oxygen atoms in total. The quantitative estimate of drug-likeness (QED) is 0.811. The van der Waals surface area contributed by atoms with Crippen molar-refractivity contribution in [3.63, 3.8) is 0 Å². The van der Waals surface area contributed by atoms with Crippen molar-refractivity contribution >= 4 is 23.2 Å². The van der Waals surface area contributed by atoms with Crippen LogP contribution in [0.4, 0.5) is 0 Å². The summed E-state index contributed by atoms with van der Waals surface area (Å²) < 4.78 is 5.16. The van der Waals surface area contributed by atoms with Crippen molar-refractivity contribution < 1.29 is 19.2 Å². The predicted molar refractivity (Wildman–Crippen MR) is 72.6 cm³/mol. The molecule has 0 unspecified atom stereocenters. The van der Waals surface area contributed by atoms with Crippen LogP contribution < -0.4 is 4.74 Å². The molecule has 1 aliphatic heterocycles. The zero-order valence-corrected chi connectivity index (χ0v) is 11.5. The maximum Gasteiger partial charge on any atom is 0.285 e. The fourth-order valence-electron chi connectivity index (χ4n) is 2.01. The minimum absolute atomic E-state index is 0.109. The fraction of sp³-hybridized carbons (Fsp3) is 0.143. The van der Waals surface area contributed by atoms with Gasteiger partial charge < -0.3 is 4.74 Å². The lowest BCUT2D eigenvalue weighted by molar-refractivity contribution is -0.101. The average molecular weight is 289 g/mol. The number of benzene rings is 1. The number of nitrogens with zero attached hydrogens (tertiary/aromatic N) is 1. The number of imide groups is 1. The van der Waals surface area contributed by atoms with E-state index in [9.17, 15) is 9.59 Å². The van der Waals surface area contributed by atoms with Crippen LogP contribution in [0.5, 0.6) is 5.75 Å². The highest BCUT2D eigenvalue weighted by Gasteiger charge is 2.36. The molecule has 1 aliphatic rings. The van der Waals surface area contributed by atoms with Crippen molar-refractivity contribution in [2.75, 3.05) is 7.11 Å². The molecule has 0 spiro atoms. The molecule has 1 aromatic heterocycles. The predicted octanol–water partition coefficient (Wildman–Crippen LogP) is 2.48. The smallest absolute Gasteiger partial charge is 0.285 e. The number of carbonyl (C=O) groups is 2. The average Bonchev–Trinajstić information content (AvgIpc) is 3.02. The summed E-state index contributed by atoms with van der Waals surface area (Å²) in [5, 5.41) is 4.50. The highest BCUT2D eigenvalue weighted by atomic mass is 32.1. The minimum atomic E-state index is -0.431. The van der Waals surface area contributed by atoms with Gasteiger partial charge in [-0.2, -0.15) is 0 Å². The van der Waals surface area contributed by atoms with E-state index < -0.39 is 11.8 Å². The molecule has 0 radical (unpaired) electrons. The SMILES string of the molecule is COc1cscc1CON1C(=O)c2ccccc2C1=O. The normalized spacial score (nSPS) is 13.8. The van der Waals surface area contributed by atoms with Crippen LogP contribution in [-0.4, -0.2) is 24.0 Å². The summed E-state index contributed by atoms with van der Waals surface area (Å²) >= 11 is 1.47. The number of thiophene rings is 1. The second-order valence-corrected chi connectivity index (χ2v) is 4.93. The molecule has 0 N–H and O–H groups in total. The monoisotopic (exact) mass is 289 g/mol. The van der Waals surface area contributed by atoms with Crippen molar-refractivity contribution in [2.45, 2.75) is 6.61 Å². The third-order valence-corrected chi connectivity index (χ3v) is 3.80. The Morgan fingerprint density at radius 3 is 2.35 bits per heavy atom. The number of hydrogen-bond donors (Lipinski definition) is 0. The van der Waals surface area contributed by atoms with Crippen molar-refractivity contribution in [2.24, 2.45) is 0 Å². The first-order chi connectivity index (χ1) is 9.72. The van der Waals surface area contributed by atoms with Gasteiger partial charge >= 0.3 is 0 Å². The van der Waals surface area contributed by atoms with Gasteiger partial charge in [0.25, 0.3) is 11.8 Å². The van der Waals surface area contributed by atoms with Gasteiger partial charge in [0.15, 0.2) is 0 Å². The number of rotatable bonds is 4. The van der Waals surface area contributed by atoms with E-state index in [0.29, 0.717) is 16.9 Å². The van der Waals surface area contributed by atoms with E-state index in [4.69, 9.17) is 9.57 Å². The van der Waals surface area contributed by atoms with Gasteiger partial charge in [-0.1, -0.05) is 12.1 Å². The summed E-state index contributed by atoms with van der Waals surface area (Å²) in [6.07, 6.45) is 0. The number of ether oxygens (including phenoxy) is 1. The Balaban J connectivity index is 1.77. The van der Waals surface area contributed by atoms with Gasteiger partial charge in [-0.25, -0.2) is 0 Å². The van der Waals surface area contributed by atoms with E-state index in [-0.39, 0.29) is 6.61 Å². The first-order valence-electron chi connectivity index (χ1n) is 5.92. The molecule has 0 aliphatic carbocycles. The zero-order chi connectivity index (χ0) is 14.1. The standard InChI is InChI=1S/C14H11NO4S/c1-18-12-8-20-7-9(12)6-19-15-13(16)10-4-2-3-5-11(10)14(15)17/h2-5,7-8H,6H2,1H3. The topological polar surface area (TPSA) is 55.8 Å². The summed E-state index contributed by atoms with van der Waals surface area (Å²) in [4.78, 5) is 29.5. The van der Waals surface area contributed by atoms with Gasteiger partial charge in [0, 0.05) is 16.3 Å². The molecular formula is C14H11NO4S. The second kappa shape index (κ2) is 5.07. The van der Waals surface area contributed by atoms with Crippen molar-refractivity contribution in [3.05, 3.63) is 51.7 Å². The van der Waals surface area contributed by atoms with Crippen LogP contribution in [0.15, 0.2) is 35.0 Å². The molecule has 0 bridgehead atoms. The maximum atomic E-state index is 12.1. The van der Waals surface area contributed by atoms with Gasteiger partial charge in [-0.05, 0) is 12.1 Å². The number of hydroxylamine groups is 2. The van der Waals surface area contributed by atoms with E-state index >= 15 is 0 Å². The lowest BCUT2D eigenvalue weighted by atomic mass is 10.1. The molecule has 2 amide bonds. The summed E-state index contributed by atoms with van der Waals surface area (Å²) in [7, 11) is 1.56. The van der Waals surface area contributed by atoms with Crippen LogP contribution in [0, 0.1) is 0 Å². The molecule has 0 saturated carbocycles. The number of amides is 2. The van der Waals surface area contributed by atoms with Gasteiger partial charge in [-0.3, -0.25) is 14.4 Å². The van der Waals surface area contributed by atoms with Crippen LogP contribution in [0.2, 0.25) is 0 Å². The molecule has 0 saturated heterocycles. The molecule has 1 aromatic carbocycles. The molecule has 3 rings (SSSR count). The van der Waals surface area contributed by atoms with Gasteiger partial charge in [0.2, 0.25) is 0 Å². The molecule has 102 valence electrons. The maximum absolute atomic E-state index is 12.1. The lowest BCUT2D eigenvalue weighted by Gasteiger charge is -2.13. The first-order valence-corrected chi connectivity index (χ1v) is 6.86. The Bertz CT molecular complexity index is 644. The minimum Gasteiger partial charge on any atom is -0.496 e. The Labute approximate surface area is 119 Å². The van der Waals surface area contributed by atoms with Crippen LogP contribution in [0.25, 0.3) is 0 Å². The van der Waals surface area contributed by atoms with Crippen molar-refractivity contribution in [3.8, 4) is 5.75 Å². The van der Waals surface area contributed by atoms with Crippen LogP contribution in [0.1, 0.15) is 26.3 Å². The third-order valence-electron chi connectivity index (χ3n) is 3.03. The fourth-order valence-corrected chi connectivity index (χ4v) is 2.80. The van der Waals surface area contributed by atoms with E-state index in [2.05, 4.69) is 0 Å². The number of methoxy groups -OCH3 is 1. The summed E-state index contributed by atoms with van der Waals surface area (Å²) in [6, 6.07) is 6.67. The molecule has 6 heteroatoms. The van der Waals surface area contributed by atoms with E-state index in [1.165, 1.54) is 11.3 Å². The summed E-state index contributed by atoms with van der Waals surface area (Å²) in [5.74, 6) is -0.175. The molecular weight excluding hydrogens is 278 g/mol. The molecule has 0 atom stereocenters. The zero-order valence-electron chi connectivity index (χ0n) is 10.7. The third kappa shape index (κ3) is 1.99. The van der Waals surface area contributed by atoms with Crippen LogP contribution in [0.3, 0.4) is 0 Å². The Morgan fingerprint density at radius 2 is 1.75 bits per heavy atom. The number of hydrogen-bond acceptors (Lipinski definition) is 5. The van der Waals surface area contributed by atoms with Crippen molar-refractivity contribution in [1.82, 2.24) is 5.06 Å². The van der Waals surface area contributed by atoms with Gasteiger partial charge in [0.05, 0.1) is 18.2 Å². The summed E-state index contributed by atoms with van der Waals surface area (Å²) in [5.41, 5.74) is 1.54. The molecule has 20 heavy (non-hydrogen) atoms. The van der Waals surface area contributed by atoms with E-state index in [1.54, 1.807) is 31.4 Å².